The Bertz CT molecular complexity index is 946. The molecule has 1 fully saturated rings. The summed E-state index contributed by atoms with van der Waals surface area (Å²) in [6.45, 7) is 6.18. The number of benzene rings is 1. The van der Waals surface area contributed by atoms with E-state index < -0.39 is 0 Å². The highest BCUT2D eigenvalue weighted by Crippen LogP contribution is 2.33. The fourth-order valence-corrected chi connectivity index (χ4v) is 3.91. The number of aryl methyl sites for hydroxylation is 2. The highest BCUT2D eigenvalue weighted by Gasteiger charge is 2.34. The van der Waals surface area contributed by atoms with E-state index in [1.165, 1.54) is 5.56 Å². The largest absolute Gasteiger partial charge is 0.318 e. The number of aromatic nitrogens is 1. The van der Waals surface area contributed by atoms with Crippen molar-refractivity contribution in [3.05, 3.63) is 57.8 Å². The van der Waals surface area contributed by atoms with E-state index in [1.807, 2.05) is 19.9 Å². The van der Waals surface area contributed by atoms with Crippen molar-refractivity contribution < 1.29 is 9.59 Å². The molecule has 1 aromatic carbocycles. The van der Waals surface area contributed by atoms with Crippen LogP contribution in [0.5, 0.6) is 0 Å². The first-order valence-electron chi connectivity index (χ1n) is 8.43. The molecular weight excluding hydrogens is 344 g/mol. The van der Waals surface area contributed by atoms with Gasteiger partial charge in [-0.1, -0.05) is 25.0 Å². The van der Waals surface area contributed by atoms with E-state index in [1.54, 1.807) is 6.08 Å². The Morgan fingerprint density at radius 1 is 1.19 bits per heavy atom. The van der Waals surface area contributed by atoms with Crippen LogP contribution in [0.1, 0.15) is 29.4 Å². The lowest BCUT2D eigenvalue weighted by Crippen LogP contribution is -2.28. The van der Waals surface area contributed by atoms with Gasteiger partial charge in [0.1, 0.15) is 0 Å². The van der Waals surface area contributed by atoms with Gasteiger partial charge in [-0.15, -0.1) is 6.42 Å². The Morgan fingerprint density at radius 2 is 1.88 bits per heavy atom. The van der Waals surface area contributed by atoms with Crippen molar-refractivity contribution in [1.29, 1.82) is 0 Å². The predicted octanol–water partition coefficient (Wildman–Crippen LogP) is 4.33. The monoisotopic (exact) mass is 364 g/mol. The van der Waals surface area contributed by atoms with Gasteiger partial charge in [-0.3, -0.25) is 14.5 Å². The molecule has 2 amide bonds. The molecule has 1 aliphatic heterocycles. The van der Waals surface area contributed by atoms with Gasteiger partial charge in [0.05, 0.1) is 11.4 Å². The molecule has 1 saturated heterocycles. The maximum absolute atomic E-state index is 12.4. The third-order valence-corrected chi connectivity index (χ3v) is 5.39. The molecule has 5 heteroatoms. The van der Waals surface area contributed by atoms with E-state index in [9.17, 15) is 9.59 Å². The zero-order chi connectivity index (χ0) is 18.8. The predicted molar refractivity (Wildman–Crippen MR) is 106 cm³/mol. The lowest BCUT2D eigenvalue weighted by atomic mass is 10.1. The van der Waals surface area contributed by atoms with Gasteiger partial charge in [-0.25, -0.2) is 0 Å². The molecule has 0 unspecified atom stereocenters. The Kier molecular flexibility index (Phi) is 5.06. The van der Waals surface area contributed by atoms with Crippen LogP contribution in [-0.4, -0.2) is 27.2 Å². The molecule has 0 spiro atoms. The topological polar surface area (TPSA) is 42.3 Å². The van der Waals surface area contributed by atoms with E-state index in [2.05, 4.69) is 41.7 Å². The van der Waals surface area contributed by atoms with Crippen molar-refractivity contribution in [2.45, 2.75) is 27.2 Å². The first-order chi connectivity index (χ1) is 12.5. The summed E-state index contributed by atoms with van der Waals surface area (Å²) in [4.78, 5) is 25.8. The molecule has 0 aliphatic carbocycles. The number of carbonyl (C=O) groups excluding carboxylic acids is 2. The van der Waals surface area contributed by atoms with Gasteiger partial charge in [-0.05, 0) is 67.4 Å². The van der Waals surface area contributed by atoms with Gasteiger partial charge in [0.25, 0.3) is 11.1 Å². The van der Waals surface area contributed by atoms with Crippen molar-refractivity contribution in [2.24, 2.45) is 0 Å². The van der Waals surface area contributed by atoms with Crippen LogP contribution in [-0.2, 0) is 11.2 Å². The number of rotatable bonds is 4. The fourth-order valence-electron chi connectivity index (χ4n) is 3.08. The highest BCUT2D eigenvalue weighted by molar-refractivity contribution is 8.18. The number of thioether (sulfide) groups is 1. The highest BCUT2D eigenvalue weighted by atomic mass is 32.2. The molecule has 2 aromatic rings. The third-order valence-electron chi connectivity index (χ3n) is 4.48. The molecule has 0 atom stereocenters. The maximum atomic E-state index is 12.4. The summed E-state index contributed by atoms with van der Waals surface area (Å²) >= 11 is 0.935. The minimum absolute atomic E-state index is 0.00477. The summed E-state index contributed by atoms with van der Waals surface area (Å²) in [5.41, 5.74) is 5.39. The average molecular weight is 364 g/mol. The number of imide groups is 1. The lowest BCUT2D eigenvalue weighted by molar-refractivity contribution is -0.122. The van der Waals surface area contributed by atoms with Crippen LogP contribution >= 0.6 is 11.8 Å². The zero-order valence-electron chi connectivity index (χ0n) is 15.1. The summed E-state index contributed by atoms with van der Waals surface area (Å²) in [5, 5.41) is -0.317. The lowest BCUT2D eigenvalue weighted by Gasteiger charge is -2.10. The summed E-state index contributed by atoms with van der Waals surface area (Å²) in [6.07, 6.45) is 8.02. The van der Waals surface area contributed by atoms with Gasteiger partial charge in [-0.2, -0.15) is 0 Å². The second-order valence-electron chi connectivity index (χ2n) is 6.15. The second-order valence-corrected chi connectivity index (χ2v) is 7.15. The Hall–Kier alpha value is -2.71. The van der Waals surface area contributed by atoms with Gasteiger partial charge >= 0.3 is 0 Å². The molecule has 26 heavy (non-hydrogen) atoms. The molecule has 0 bridgehead atoms. The quantitative estimate of drug-likeness (QED) is 0.599. The molecule has 0 N–H and O–H groups in total. The Labute approximate surface area is 157 Å². The number of terminal acetylenes is 1. The molecule has 1 aromatic heterocycles. The zero-order valence-corrected chi connectivity index (χ0v) is 15.9. The van der Waals surface area contributed by atoms with Crippen LogP contribution in [0.3, 0.4) is 0 Å². The van der Waals surface area contributed by atoms with E-state index in [-0.39, 0.29) is 17.7 Å². The molecule has 132 valence electrons. The summed E-state index contributed by atoms with van der Waals surface area (Å²) in [7, 11) is 0. The first kappa shape index (κ1) is 18.1. The third kappa shape index (κ3) is 3.21. The first-order valence-corrected chi connectivity index (χ1v) is 9.25. The van der Waals surface area contributed by atoms with Crippen molar-refractivity contribution >= 4 is 29.0 Å². The van der Waals surface area contributed by atoms with Crippen molar-refractivity contribution in [1.82, 2.24) is 9.47 Å². The average Bonchev–Trinajstić information content (AvgIpc) is 3.05. The van der Waals surface area contributed by atoms with Crippen molar-refractivity contribution in [2.75, 3.05) is 6.54 Å². The smallest absolute Gasteiger partial charge is 0.294 e. The second kappa shape index (κ2) is 7.27. The van der Waals surface area contributed by atoms with Crippen LogP contribution in [0.2, 0.25) is 0 Å². The van der Waals surface area contributed by atoms with Crippen LogP contribution in [0.15, 0.2) is 35.2 Å². The molecule has 1 aliphatic rings. The van der Waals surface area contributed by atoms with Gasteiger partial charge in [0.2, 0.25) is 0 Å². The fraction of sp³-hybridized carbons (Fsp3) is 0.238. The van der Waals surface area contributed by atoms with E-state index in [0.29, 0.717) is 4.91 Å². The van der Waals surface area contributed by atoms with Crippen LogP contribution in [0.25, 0.3) is 11.8 Å². The molecule has 4 nitrogen and oxygen atoms in total. The molecular formula is C21H20N2O2S. The van der Waals surface area contributed by atoms with Crippen LogP contribution in [0, 0.1) is 26.2 Å². The Morgan fingerprint density at radius 3 is 2.50 bits per heavy atom. The normalized spacial score (nSPS) is 15.8. The van der Waals surface area contributed by atoms with Crippen LogP contribution in [0.4, 0.5) is 4.79 Å². The van der Waals surface area contributed by atoms with Crippen molar-refractivity contribution in [3.8, 4) is 18.0 Å². The summed E-state index contributed by atoms with van der Waals surface area (Å²) < 4.78 is 2.15. The summed E-state index contributed by atoms with van der Waals surface area (Å²) in [5.74, 6) is 2.03. The van der Waals surface area contributed by atoms with Crippen molar-refractivity contribution in [3.63, 3.8) is 0 Å². The molecule has 3 rings (SSSR count). The van der Waals surface area contributed by atoms with Crippen LogP contribution < -0.4 is 0 Å². The Balaban J connectivity index is 1.97. The van der Waals surface area contributed by atoms with E-state index in [4.69, 9.17) is 6.42 Å². The number of hydrogen-bond donors (Lipinski definition) is 0. The standard InChI is InChI=1S/C21H20N2O2S/c1-5-11-22-20(24)19(26-21(22)25)13-17-12-14(3)23(15(17)4)18-9-7-16(6-2)8-10-18/h1,7-10,12-13H,6,11H2,2-4H3/b19-13+. The van der Waals surface area contributed by atoms with E-state index >= 15 is 0 Å². The SMILES string of the molecule is C#CCN1C(=O)S/C(=C/c2cc(C)n(-c3ccc(CC)cc3)c2C)C1=O. The maximum Gasteiger partial charge on any atom is 0.294 e. The number of hydrogen-bond acceptors (Lipinski definition) is 3. The number of amides is 2. The molecule has 0 saturated carbocycles. The van der Waals surface area contributed by atoms with E-state index in [0.717, 1.165) is 45.7 Å². The minimum Gasteiger partial charge on any atom is -0.318 e. The van der Waals surface area contributed by atoms with Gasteiger partial charge in [0, 0.05) is 17.1 Å². The number of nitrogens with zero attached hydrogens (tertiary/aromatic N) is 2. The summed E-state index contributed by atoms with van der Waals surface area (Å²) in [6, 6.07) is 10.5. The molecule has 0 radical (unpaired) electrons. The van der Waals surface area contributed by atoms with Gasteiger partial charge in [0.15, 0.2) is 0 Å². The van der Waals surface area contributed by atoms with Gasteiger partial charge < -0.3 is 4.57 Å². The molecule has 2 heterocycles. The number of carbonyl (C=O) groups is 2. The minimum atomic E-state index is -0.324.